The minimum absolute atomic E-state index is 0.250. The van der Waals surface area contributed by atoms with Gasteiger partial charge in [-0.15, -0.1) is 0 Å². The van der Waals surface area contributed by atoms with E-state index >= 15 is 0 Å². The summed E-state index contributed by atoms with van der Waals surface area (Å²) < 4.78 is 29.8. The summed E-state index contributed by atoms with van der Waals surface area (Å²) in [5.41, 5.74) is 0.626. The van der Waals surface area contributed by atoms with Gasteiger partial charge in [-0.25, -0.2) is 0 Å². The van der Waals surface area contributed by atoms with Crippen LogP contribution in [0.2, 0.25) is 0 Å². The Bertz CT molecular complexity index is 1520. The summed E-state index contributed by atoms with van der Waals surface area (Å²) in [5, 5.41) is -0.977. The Morgan fingerprint density at radius 1 is 0.571 bits per heavy atom. The molecule has 42 heavy (non-hydrogen) atoms. The Hall–Kier alpha value is -3.88. The fourth-order valence-electron chi connectivity index (χ4n) is 7.39. The molecule has 3 aromatic rings. The van der Waals surface area contributed by atoms with Crippen LogP contribution in [0.1, 0.15) is 6.92 Å². The van der Waals surface area contributed by atoms with Crippen LogP contribution in [0, 0.1) is 0 Å². The first-order valence-electron chi connectivity index (χ1n) is 13.5. The van der Waals surface area contributed by atoms with Crippen LogP contribution < -0.4 is 15.5 Å². The Balaban J connectivity index is 1.74. The van der Waals surface area contributed by atoms with Gasteiger partial charge in [0.05, 0.1) is 0 Å². The van der Waals surface area contributed by atoms with Crippen LogP contribution in [0.15, 0.2) is 91.0 Å². The molecule has 4 aliphatic rings. The molecular weight excluding hydrogens is 580 g/mol. The zero-order chi connectivity index (χ0) is 29.4. The number of benzene rings is 3. The van der Waals surface area contributed by atoms with E-state index in [2.05, 4.69) is 0 Å². The predicted octanol–water partition coefficient (Wildman–Crippen LogP) is 2.88. The minimum atomic E-state index is -5.15. The van der Waals surface area contributed by atoms with Gasteiger partial charge in [-0.1, -0.05) is 0 Å². The van der Waals surface area contributed by atoms with E-state index in [1.165, 1.54) is 0 Å². The molecule has 0 spiro atoms. The molecule has 0 unspecified atom stereocenters. The molecule has 7 rings (SSSR count). The van der Waals surface area contributed by atoms with Gasteiger partial charge >= 0.3 is 242 Å². The molecule has 0 radical (unpaired) electrons. The Labute approximate surface area is 242 Å². The van der Waals surface area contributed by atoms with E-state index in [1.807, 2.05) is 35.2 Å². The fourth-order valence-corrected chi connectivity index (χ4v) is 22.1. The monoisotopic (exact) mass is 609 g/mol. The third-order valence-electron chi connectivity index (χ3n) is 9.06. The van der Waals surface area contributed by atoms with Gasteiger partial charge in [0.15, 0.2) is 0 Å². The van der Waals surface area contributed by atoms with E-state index in [4.69, 9.17) is 18.1 Å². The van der Waals surface area contributed by atoms with Gasteiger partial charge in [0, 0.05) is 0 Å². The van der Waals surface area contributed by atoms with Crippen LogP contribution in [0.3, 0.4) is 0 Å². The second kappa shape index (κ2) is 8.58. The number of para-hydroxylation sites is 1. The van der Waals surface area contributed by atoms with Gasteiger partial charge in [0.2, 0.25) is 0 Å². The van der Waals surface area contributed by atoms with Gasteiger partial charge < -0.3 is 0 Å². The molecule has 0 bridgehead atoms. The molecule has 4 saturated heterocycles. The van der Waals surface area contributed by atoms with E-state index in [0.29, 0.717) is 16.3 Å². The Morgan fingerprint density at radius 3 is 1.21 bits per heavy atom. The summed E-state index contributed by atoms with van der Waals surface area (Å²) in [6.07, 6.45) is 0. The number of carbonyl (C=O) groups is 4. The first-order valence-corrected chi connectivity index (χ1v) is 17.5. The molecule has 218 valence electrons. The van der Waals surface area contributed by atoms with Crippen molar-refractivity contribution >= 4 is 54.6 Å². The second-order valence-electron chi connectivity index (χ2n) is 10.9. The van der Waals surface area contributed by atoms with Crippen molar-refractivity contribution in [1.29, 1.82) is 0 Å². The van der Waals surface area contributed by atoms with Gasteiger partial charge in [0.1, 0.15) is 0 Å². The van der Waals surface area contributed by atoms with Crippen LogP contribution in [0.5, 0.6) is 0 Å². The van der Waals surface area contributed by atoms with Gasteiger partial charge in [-0.3, -0.25) is 0 Å². The average molecular weight is 610 g/mol. The summed E-state index contributed by atoms with van der Waals surface area (Å²) in [6, 6.07) is 26.9. The molecule has 3 aromatic carbocycles. The number of anilines is 1. The topological polar surface area (TPSA) is 115 Å². The van der Waals surface area contributed by atoms with Crippen molar-refractivity contribution in [2.24, 2.45) is 0 Å². The summed E-state index contributed by atoms with van der Waals surface area (Å²) >= 11 is 0. The average Bonchev–Trinajstić information content (AvgIpc) is 3.64. The van der Waals surface area contributed by atoms with Crippen LogP contribution in [0.25, 0.3) is 0 Å². The Kier molecular flexibility index (Phi) is 5.51. The standard InChI is InChI=1S/C29H29N3O8P2/c1-29(30(2)22-12-6-3-7-13-22,41(23-14-8-4-9-15-23)31(18-25(33)37-41)19-26(34)38-41)42(24-16-10-5-11-17-24)32(20-27(35)39-42)21-28(36)40-42/h3-17H,18-21H2,1-2H3. The molecule has 4 heterocycles. The van der Waals surface area contributed by atoms with E-state index in [1.54, 1.807) is 84.0 Å². The second-order valence-corrected chi connectivity index (χ2v) is 19.5. The first-order chi connectivity index (χ1) is 20.1. The first kappa shape index (κ1) is 27.0. The molecule has 0 atom stereocenters. The van der Waals surface area contributed by atoms with Crippen molar-refractivity contribution < 1.29 is 37.3 Å². The fraction of sp³-hybridized carbons (Fsp3) is 0.241. The van der Waals surface area contributed by atoms with Crippen molar-refractivity contribution in [3.05, 3.63) is 91.0 Å². The molecule has 11 nitrogen and oxygen atoms in total. The van der Waals surface area contributed by atoms with Crippen LogP contribution in [0.4, 0.5) is 5.69 Å². The molecule has 4 aliphatic heterocycles. The maximum atomic E-state index is 13.6. The van der Waals surface area contributed by atoms with Crippen LogP contribution in [-0.2, 0) is 37.3 Å². The third kappa shape index (κ3) is 2.80. The van der Waals surface area contributed by atoms with Gasteiger partial charge in [-0.05, 0) is 0 Å². The van der Waals surface area contributed by atoms with Gasteiger partial charge in [0.25, 0.3) is 0 Å². The predicted molar refractivity (Wildman–Crippen MR) is 157 cm³/mol. The SMILES string of the molecule is CN(c1ccccc1)C(C)(P12(c3ccccc3)OC(=O)CN1CC(=O)O2)P12(c3ccccc3)OC(=O)CN1CC(=O)O2. The van der Waals surface area contributed by atoms with Crippen molar-refractivity contribution in [1.82, 2.24) is 9.34 Å². The molecule has 0 saturated carbocycles. The molecule has 13 heteroatoms. The third-order valence-corrected chi connectivity index (χ3v) is 22.0. The number of rotatable bonds is 6. The summed E-state index contributed by atoms with van der Waals surface area (Å²) in [4.78, 5) is 56.1. The zero-order valence-electron chi connectivity index (χ0n) is 23.0. The zero-order valence-corrected chi connectivity index (χ0v) is 24.8. The van der Waals surface area contributed by atoms with Crippen molar-refractivity contribution in [2.45, 2.75) is 11.9 Å². The molecule has 0 N–H and O–H groups in total. The number of fused-ring (bicyclic) bond motifs is 2. The quantitative estimate of drug-likeness (QED) is 0.385. The number of hydrogen-bond acceptors (Lipinski definition) is 11. The molecule has 0 aliphatic carbocycles. The molecule has 0 aromatic heterocycles. The summed E-state index contributed by atoms with van der Waals surface area (Å²) in [7, 11) is -8.53. The van der Waals surface area contributed by atoms with Crippen molar-refractivity contribution in [3.63, 3.8) is 0 Å². The Morgan fingerprint density at radius 2 is 0.881 bits per heavy atom. The number of nitrogens with zero attached hydrogens (tertiary/aromatic N) is 3. The number of hydrogen-bond donors (Lipinski definition) is 0. The molecule has 0 amide bonds. The van der Waals surface area contributed by atoms with E-state index in [-0.39, 0.29) is 26.2 Å². The summed E-state index contributed by atoms with van der Waals surface area (Å²) in [6.45, 7) is 0.753. The number of carbonyl (C=O) groups excluding carboxylic acids is 4. The van der Waals surface area contributed by atoms with E-state index in [9.17, 15) is 19.2 Å². The van der Waals surface area contributed by atoms with E-state index in [0.717, 1.165) is 0 Å². The molecule has 4 fully saturated rings. The van der Waals surface area contributed by atoms with Crippen LogP contribution >= 0.6 is 14.4 Å². The van der Waals surface area contributed by atoms with Gasteiger partial charge in [-0.2, -0.15) is 0 Å². The normalized spacial score (nSPS) is 26.5. The summed E-state index contributed by atoms with van der Waals surface area (Å²) in [5.74, 6) is -2.43. The maximum absolute atomic E-state index is 13.6. The molecular formula is C29H29N3O8P2. The van der Waals surface area contributed by atoms with Crippen LogP contribution in [-0.4, -0.2) is 71.5 Å². The van der Waals surface area contributed by atoms with Crippen molar-refractivity contribution in [2.75, 3.05) is 38.1 Å². The van der Waals surface area contributed by atoms with Crippen molar-refractivity contribution in [3.8, 4) is 0 Å². The van der Waals surface area contributed by atoms with E-state index < -0.39 is 43.3 Å².